The number of likely N-dealkylation sites (N-methyl/N-ethyl adjacent to an activating group) is 1. The van der Waals surface area contributed by atoms with Crippen LogP contribution in [0.4, 0.5) is 4.39 Å². The number of likely N-dealkylation sites (tertiary alicyclic amines) is 1. The average Bonchev–Trinajstić information content (AvgIpc) is 2.95. The summed E-state index contributed by atoms with van der Waals surface area (Å²) in [5.74, 6) is -0.409. The standard InChI is InChI=1S/C19H24FN3O2S/c1-13(2)26(24,25)22-18-12-23(3)11-17(18)15-6-4-14(5-7-15)16-8-9-19(20)21-10-16/h4-10,13,17-18,22H,11-12H2,1-3H3/t17-,18+/m1/s1. The van der Waals surface area contributed by atoms with Gasteiger partial charge in [-0.15, -0.1) is 0 Å². The molecule has 0 unspecified atom stereocenters. The van der Waals surface area contributed by atoms with Crippen LogP contribution in [0.3, 0.4) is 0 Å². The van der Waals surface area contributed by atoms with E-state index in [1.807, 2.05) is 31.3 Å². The van der Waals surface area contributed by atoms with Crippen molar-refractivity contribution in [3.63, 3.8) is 0 Å². The summed E-state index contributed by atoms with van der Waals surface area (Å²) in [5, 5.41) is -0.456. The Morgan fingerprint density at radius 3 is 2.35 bits per heavy atom. The number of rotatable bonds is 5. The number of pyridine rings is 1. The topological polar surface area (TPSA) is 62.3 Å². The summed E-state index contributed by atoms with van der Waals surface area (Å²) in [6.45, 7) is 4.84. The van der Waals surface area contributed by atoms with Crippen LogP contribution in [0.2, 0.25) is 0 Å². The number of aromatic nitrogens is 1. The molecule has 5 nitrogen and oxygen atoms in total. The molecule has 3 rings (SSSR count). The number of sulfonamides is 1. The van der Waals surface area contributed by atoms with Crippen molar-refractivity contribution in [3.05, 3.63) is 54.1 Å². The zero-order chi connectivity index (χ0) is 18.9. The van der Waals surface area contributed by atoms with Gasteiger partial charge in [0, 0.05) is 36.8 Å². The highest BCUT2D eigenvalue weighted by atomic mass is 32.2. The molecule has 1 fully saturated rings. The lowest BCUT2D eigenvalue weighted by atomic mass is 9.93. The number of nitrogens with zero attached hydrogens (tertiary/aromatic N) is 2. The molecule has 0 radical (unpaired) electrons. The third-order valence-electron chi connectivity index (χ3n) is 4.84. The zero-order valence-corrected chi connectivity index (χ0v) is 16.0. The van der Waals surface area contributed by atoms with Crippen LogP contribution in [0, 0.1) is 5.95 Å². The molecule has 140 valence electrons. The van der Waals surface area contributed by atoms with Gasteiger partial charge < -0.3 is 4.90 Å². The quantitative estimate of drug-likeness (QED) is 0.814. The van der Waals surface area contributed by atoms with E-state index in [-0.39, 0.29) is 12.0 Å². The Hall–Kier alpha value is -1.83. The number of hydrogen-bond donors (Lipinski definition) is 1. The molecule has 0 aliphatic carbocycles. The molecular formula is C19H24FN3O2S. The van der Waals surface area contributed by atoms with Gasteiger partial charge in [-0.25, -0.2) is 18.1 Å². The summed E-state index contributed by atoms with van der Waals surface area (Å²) in [6, 6.07) is 10.9. The van der Waals surface area contributed by atoms with Gasteiger partial charge in [-0.05, 0) is 44.2 Å². The van der Waals surface area contributed by atoms with Crippen LogP contribution in [0.5, 0.6) is 0 Å². The van der Waals surface area contributed by atoms with Crippen molar-refractivity contribution in [3.8, 4) is 11.1 Å². The molecule has 2 atom stereocenters. The first-order chi connectivity index (χ1) is 12.3. The smallest absolute Gasteiger partial charge is 0.214 e. The highest BCUT2D eigenvalue weighted by Gasteiger charge is 2.35. The first kappa shape index (κ1) is 18.9. The Kier molecular flexibility index (Phi) is 5.41. The third kappa shape index (κ3) is 4.11. The van der Waals surface area contributed by atoms with E-state index in [1.54, 1.807) is 19.9 Å². The molecule has 0 saturated carbocycles. The van der Waals surface area contributed by atoms with Gasteiger partial charge in [-0.1, -0.05) is 24.3 Å². The van der Waals surface area contributed by atoms with E-state index in [2.05, 4.69) is 14.6 Å². The molecule has 1 aliphatic heterocycles. The van der Waals surface area contributed by atoms with Gasteiger partial charge in [-0.3, -0.25) is 0 Å². The van der Waals surface area contributed by atoms with Crippen LogP contribution < -0.4 is 4.72 Å². The molecular weight excluding hydrogens is 353 g/mol. The number of benzene rings is 1. The summed E-state index contributed by atoms with van der Waals surface area (Å²) in [5.41, 5.74) is 2.88. The second-order valence-corrected chi connectivity index (χ2v) is 9.41. The number of nitrogens with one attached hydrogen (secondary N) is 1. The Balaban J connectivity index is 1.81. The lowest BCUT2D eigenvalue weighted by molar-refractivity contribution is 0.404. The highest BCUT2D eigenvalue weighted by molar-refractivity contribution is 7.90. The van der Waals surface area contributed by atoms with Crippen molar-refractivity contribution in [1.29, 1.82) is 0 Å². The van der Waals surface area contributed by atoms with Crippen molar-refractivity contribution in [1.82, 2.24) is 14.6 Å². The van der Waals surface area contributed by atoms with Crippen molar-refractivity contribution in [2.75, 3.05) is 20.1 Å². The van der Waals surface area contributed by atoms with Crippen molar-refractivity contribution in [2.24, 2.45) is 0 Å². The first-order valence-corrected chi connectivity index (χ1v) is 10.2. The fourth-order valence-corrected chi connectivity index (χ4v) is 4.21. The van der Waals surface area contributed by atoms with Crippen LogP contribution in [0.1, 0.15) is 25.3 Å². The largest absolute Gasteiger partial charge is 0.304 e. The Morgan fingerprint density at radius 1 is 1.12 bits per heavy atom. The minimum atomic E-state index is -3.32. The van der Waals surface area contributed by atoms with E-state index in [9.17, 15) is 12.8 Å². The summed E-state index contributed by atoms with van der Waals surface area (Å²) in [6.07, 6.45) is 1.51. The predicted molar refractivity (Wildman–Crippen MR) is 101 cm³/mol. The molecule has 0 spiro atoms. The van der Waals surface area contributed by atoms with Gasteiger partial charge in [0.05, 0.1) is 5.25 Å². The number of halogens is 1. The van der Waals surface area contributed by atoms with Crippen LogP contribution >= 0.6 is 0 Å². The minimum Gasteiger partial charge on any atom is -0.304 e. The van der Waals surface area contributed by atoms with Crippen LogP contribution in [0.15, 0.2) is 42.6 Å². The number of hydrogen-bond acceptors (Lipinski definition) is 4. The monoisotopic (exact) mass is 377 g/mol. The lowest BCUT2D eigenvalue weighted by Gasteiger charge is -2.22. The van der Waals surface area contributed by atoms with Crippen LogP contribution in [0.25, 0.3) is 11.1 Å². The third-order valence-corrected chi connectivity index (χ3v) is 6.71. The van der Waals surface area contributed by atoms with Crippen molar-refractivity contribution in [2.45, 2.75) is 31.1 Å². The van der Waals surface area contributed by atoms with Gasteiger partial charge in [0.15, 0.2) is 0 Å². The van der Waals surface area contributed by atoms with E-state index in [1.165, 1.54) is 12.3 Å². The van der Waals surface area contributed by atoms with Crippen LogP contribution in [-0.4, -0.2) is 49.7 Å². The molecule has 1 aromatic carbocycles. The normalized spacial score (nSPS) is 21.4. The van der Waals surface area contributed by atoms with Crippen LogP contribution in [-0.2, 0) is 10.0 Å². The first-order valence-electron chi connectivity index (χ1n) is 8.68. The van der Waals surface area contributed by atoms with E-state index in [4.69, 9.17) is 0 Å². The maximum Gasteiger partial charge on any atom is 0.214 e. The minimum absolute atomic E-state index is 0.0916. The molecule has 1 aromatic heterocycles. The second kappa shape index (κ2) is 7.42. The molecule has 0 amide bonds. The summed E-state index contributed by atoms with van der Waals surface area (Å²) in [7, 11) is -1.33. The fourth-order valence-electron chi connectivity index (χ4n) is 3.27. The van der Waals surface area contributed by atoms with Gasteiger partial charge >= 0.3 is 0 Å². The lowest BCUT2D eigenvalue weighted by Crippen LogP contribution is -2.42. The van der Waals surface area contributed by atoms with E-state index < -0.39 is 21.2 Å². The van der Waals surface area contributed by atoms with Crippen molar-refractivity contribution >= 4 is 10.0 Å². The zero-order valence-electron chi connectivity index (χ0n) is 15.2. The summed E-state index contributed by atoms with van der Waals surface area (Å²) < 4.78 is 40.4. The Labute approximate surface area is 154 Å². The van der Waals surface area contributed by atoms with E-state index >= 15 is 0 Å². The molecule has 0 bridgehead atoms. The van der Waals surface area contributed by atoms with E-state index in [0.717, 1.165) is 23.2 Å². The average molecular weight is 377 g/mol. The van der Waals surface area contributed by atoms with Gasteiger partial charge in [0.2, 0.25) is 16.0 Å². The fraction of sp³-hybridized carbons (Fsp3) is 0.421. The molecule has 26 heavy (non-hydrogen) atoms. The summed E-state index contributed by atoms with van der Waals surface area (Å²) >= 11 is 0. The van der Waals surface area contributed by atoms with Crippen molar-refractivity contribution < 1.29 is 12.8 Å². The van der Waals surface area contributed by atoms with Gasteiger partial charge in [0.1, 0.15) is 0 Å². The second-order valence-electron chi connectivity index (χ2n) is 7.14. The van der Waals surface area contributed by atoms with E-state index in [0.29, 0.717) is 6.54 Å². The highest BCUT2D eigenvalue weighted by Crippen LogP contribution is 2.29. The van der Waals surface area contributed by atoms with Gasteiger partial charge in [-0.2, -0.15) is 4.39 Å². The SMILES string of the molecule is CC(C)S(=O)(=O)N[C@H]1CN(C)C[C@@H]1c1ccc(-c2ccc(F)nc2)cc1. The molecule has 1 aliphatic rings. The molecule has 1 saturated heterocycles. The molecule has 2 heterocycles. The maximum absolute atomic E-state index is 13.0. The Morgan fingerprint density at radius 2 is 1.77 bits per heavy atom. The molecule has 2 aromatic rings. The predicted octanol–water partition coefficient (Wildman–Crippen LogP) is 2.61. The summed E-state index contributed by atoms with van der Waals surface area (Å²) in [4.78, 5) is 5.82. The Bertz CT molecular complexity index is 851. The van der Waals surface area contributed by atoms with Gasteiger partial charge in [0.25, 0.3) is 0 Å². The molecule has 7 heteroatoms. The molecule has 1 N–H and O–H groups in total. The maximum atomic E-state index is 13.0.